The van der Waals surface area contributed by atoms with Crippen molar-refractivity contribution in [2.24, 2.45) is 22.7 Å². The number of allylic oxidation sites excluding steroid dienone is 2. The van der Waals surface area contributed by atoms with Crippen molar-refractivity contribution in [2.75, 3.05) is 26.4 Å². The second kappa shape index (κ2) is 11.6. The lowest BCUT2D eigenvalue weighted by atomic mass is 9.67. The third-order valence-corrected chi connectivity index (χ3v) is 7.89. The number of carbonyl (C=O) groups is 2. The van der Waals surface area contributed by atoms with Crippen molar-refractivity contribution in [3.8, 4) is 0 Å². The van der Waals surface area contributed by atoms with Gasteiger partial charge in [0.2, 0.25) is 0 Å². The van der Waals surface area contributed by atoms with E-state index in [0.29, 0.717) is 32.5 Å². The molecule has 2 aliphatic rings. The van der Waals surface area contributed by atoms with Crippen LogP contribution in [0.1, 0.15) is 80.1 Å². The Morgan fingerprint density at radius 2 is 1.72 bits per heavy atom. The number of ether oxygens (including phenoxy) is 4. The molecule has 2 rings (SSSR count). The molecule has 32 heavy (non-hydrogen) atoms. The Morgan fingerprint density at radius 1 is 1.16 bits per heavy atom. The van der Waals surface area contributed by atoms with Crippen molar-refractivity contribution < 1.29 is 28.5 Å². The Hall–Kier alpha value is -0.670. The van der Waals surface area contributed by atoms with Crippen LogP contribution < -0.4 is 0 Å². The summed E-state index contributed by atoms with van der Waals surface area (Å²) in [6, 6.07) is 0. The van der Waals surface area contributed by atoms with Gasteiger partial charge in [-0.3, -0.25) is 9.59 Å². The molecule has 1 aliphatic heterocycles. The molecule has 184 valence electrons. The molecular formula is C25H41IO6. The van der Waals surface area contributed by atoms with E-state index in [1.54, 1.807) is 13.8 Å². The maximum Gasteiger partial charge on any atom is 0.323 e. The lowest BCUT2D eigenvalue weighted by Crippen LogP contribution is -2.50. The summed E-state index contributed by atoms with van der Waals surface area (Å²) in [6.45, 7) is 13.5. The Bertz CT molecular complexity index is 660. The second-order valence-electron chi connectivity index (χ2n) is 10.1. The highest BCUT2D eigenvalue weighted by Crippen LogP contribution is 2.49. The highest BCUT2D eigenvalue weighted by atomic mass is 127. The molecule has 0 unspecified atom stereocenters. The minimum Gasteiger partial charge on any atom is -0.465 e. The fourth-order valence-corrected chi connectivity index (χ4v) is 6.59. The lowest BCUT2D eigenvalue weighted by molar-refractivity contribution is -0.210. The van der Waals surface area contributed by atoms with E-state index in [-0.39, 0.29) is 36.9 Å². The van der Waals surface area contributed by atoms with Crippen molar-refractivity contribution in [1.29, 1.82) is 0 Å². The zero-order valence-electron chi connectivity index (χ0n) is 20.6. The van der Waals surface area contributed by atoms with Crippen LogP contribution in [0.5, 0.6) is 0 Å². The standard InChI is InChI=1S/C25H41IO6/c1-7-29-21(27)24(22(28)30-8-2,17-25(16-18(3)4)31-14-15-32-25)13-11-19-20(26)10-9-12-23(19,5)6/h10,18-19H,7-9,11-17H2,1-6H3/t19-/m1/s1. The summed E-state index contributed by atoms with van der Waals surface area (Å²) in [4.78, 5) is 26.9. The summed E-state index contributed by atoms with van der Waals surface area (Å²) in [6.07, 6.45) is 6.16. The summed E-state index contributed by atoms with van der Waals surface area (Å²) in [5, 5.41) is 0. The van der Waals surface area contributed by atoms with Crippen LogP contribution >= 0.6 is 22.6 Å². The van der Waals surface area contributed by atoms with E-state index in [1.165, 1.54) is 3.58 Å². The molecule has 0 amide bonds. The molecule has 0 radical (unpaired) electrons. The fraction of sp³-hybridized carbons (Fsp3) is 0.840. The van der Waals surface area contributed by atoms with E-state index in [2.05, 4.69) is 56.4 Å². The van der Waals surface area contributed by atoms with Crippen LogP contribution in [-0.2, 0) is 28.5 Å². The van der Waals surface area contributed by atoms with Gasteiger partial charge in [0.1, 0.15) is 0 Å². The first-order valence-corrected chi connectivity index (χ1v) is 13.1. The van der Waals surface area contributed by atoms with Crippen molar-refractivity contribution in [3.63, 3.8) is 0 Å². The predicted octanol–water partition coefficient (Wildman–Crippen LogP) is 5.81. The van der Waals surface area contributed by atoms with Gasteiger partial charge in [-0.2, -0.15) is 0 Å². The van der Waals surface area contributed by atoms with E-state index in [0.717, 1.165) is 12.8 Å². The van der Waals surface area contributed by atoms with Gasteiger partial charge < -0.3 is 18.9 Å². The summed E-state index contributed by atoms with van der Waals surface area (Å²) < 4.78 is 24.4. The first-order chi connectivity index (χ1) is 15.0. The molecule has 1 saturated heterocycles. The Kier molecular flexibility index (Phi) is 10.0. The zero-order valence-corrected chi connectivity index (χ0v) is 22.8. The maximum atomic E-state index is 13.5. The van der Waals surface area contributed by atoms with E-state index in [9.17, 15) is 9.59 Å². The van der Waals surface area contributed by atoms with Gasteiger partial charge in [-0.15, -0.1) is 0 Å². The highest BCUT2D eigenvalue weighted by molar-refractivity contribution is 14.1. The number of halogens is 1. The minimum atomic E-state index is -1.46. The molecule has 1 heterocycles. The van der Waals surface area contributed by atoms with Gasteiger partial charge >= 0.3 is 11.9 Å². The Labute approximate surface area is 207 Å². The van der Waals surface area contributed by atoms with Crippen LogP contribution in [0.25, 0.3) is 0 Å². The molecule has 0 aromatic rings. The van der Waals surface area contributed by atoms with Gasteiger partial charge in [0.15, 0.2) is 11.2 Å². The number of hydrogen-bond donors (Lipinski definition) is 0. The molecule has 0 aromatic heterocycles. The molecule has 0 saturated carbocycles. The largest absolute Gasteiger partial charge is 0.465 e. The molecular weight excluding hydrogens is 523 g/mol. The fourth-order valence-electron chi connectivity index (χ4n) is 5.12. The SMILES string of the molecule is CCOC(=O)C(CC[C@@H]1C(I)=CCCC1(C)C)(CC1(CC(C)C)OCCO1)C(=O)OCC. The van der Waals surface area contributed by atoms with Gasteiger partial charge in [0, 0.05) is 12.8 Å². The van der Waals surface area contributed by atoms with Crippen LogP contribution in [0.2, 0.25) is 0 Å². The summed E-state index contributed by atoms with van der Waals surface area (Å²) >= 11 is 2.41. The molecule has 1 fully saturated rings. The normalized spacial score (nSPS) is 22.5. The molecule has 0 N–H and O–H groups in total. The number of esters is 2. The van der Waals surface area contributed by atoms with Crippen LogP contribution in [0.3, 0.4) is 0 Å². The van der Waals surface area contributed by atoms with Crippen LogP contribution in [0.15, 0.2) is 9.66 Å². The third-order valence-electron chi connectivity index (χ3n) is 6.70. The van der Waals surface area contributed by atoms with Crippen molar-refractivity contribution >= 4 is 34.5 Å². The van der Waals surface area contributed by atoms with Crippen molar-refractivity contribution in [1.82, 2.24) is 0 Å². The quantitative estimate of drug-likeness (QED) is 0.179. The molecule has 1 atom stereocenters. The van der Waals surface area contributed by atoms with E-state index in [1.807, 2.05) is 0 Å². The number of carbonyl (C=O) groups excluding carboxylic acids is 2. The highest BCUT2D eigenvalue weighted by Gasteiger charge is 2.56. The van der Waals surface area contributed by atoms with Gasteiger partial charge in [-0.1, -0.05) is 33.8 Å². The van der Waals surface area contributed by atoms with Crippen molar-refractivity contribution in [2.45, 2.75) is 85.9 Å². The summed E-state index contributed by atoms with van der Waals surface area (Å²) in [7, 11) is 0. The minimum absolute atomic E-state index is 0.0936. The lowest BCUT2D eigenvalue weighted by Gasteiger charge is -2.41. The Morgan fingerprint density at radius 3 is 2.19 bits per heavy atom. The molecule has 0 aromatic carbocycles. The third kappa shape index (κ3) is 6.47. The summed E-state index contributed by atoms with van der Waals surface area (Å²) in [5.74, 6) is -1.51. The van der Waals surface area contributed by atoms with E-state index >= 15 is 0 Å². The monoisotopic (exact) mass is 564 g/mol. The first-order valence-electron chi connectivity index (χ1n) is 12.0. The van der Waals surface area contributed by atoms with Crippen LogP contribution in [0, 0.1) is 22.7 Å². The van der Waals surface area contributed by atoms with Gasteiger partial charge in [0.05, 0.1) is 26.4 Å². The maximum absolute atomic E-state index is 13.5. The average molecular weight is 565 g/mol. The smallest absolute Gasteiger partial charge is 0.323 e. The number of rotatable bonds is 11. The molecule has 1 aliphatic carbocycles. The van der Waals surface area contributed by atoms with Crippen LogP contribution in [0.4, 0.5) is 0 Å². The zero-order chi connectivity index (χ0) is 24.0. The average Bonchev–Trinajstić information content (AvgIpc) is 3.13. The molecule has 7 heteroatoms. The van der Waals surface area contributed by atoms with Gasteiger partial charge in [-0.05, 0) is 83.0 Å². The Balaban J connectivity index is 2.45. The molecule has 6 nitrogen and oxygen atoms in total. The first kappa shape index (κ1) is 27.6. The summed E-state index contributed by atoms with van der Waals surface area (Å²) in [5.41, 5.74) is -1.37. The van der Waals surface area contributed by atoms with E-state index in [4.69, 9.17) is 18.9 Å². The molecule has 0 spiro atoms. The second-order valence-corrected chi connectivity index (χ2v) is 11.4. The topological polar surface area (TPSA) is 71.1 Å². The predicted molar refractivity (Wildman–Crippen MR) is 132 cm³/mol. The van der Waals surface area contributed by atoms with Gasteiger partial charge in [0.25, 0.3) is 0 Å². The molecule has 0 bridgehead atoms. The van der Waals surface area contributed by atoms with Crippen LogP contribution in [-0.4, -0.2) is 44.2 Å². The van der Waals surface area contributed by atoms with Gasteiger partial charge in [-0.25, -0.2) is 0 Å². The van der Waals surface area contributed by atoms with E-state index < -0.39 is 23.1 Å². The number of hydrogen-bond acceptors (Lipinski definition) is 6. The van der Waals surface area contributed by atoms with Crippen molar-refractivity contribution in [3.05, 3.63) is 9.66 Å².